The first-order valence-electron chi connectivity index (χ1n) is 12.8. The van der Waals surface area contributed by atoms with Crippen LogP contribution in [-0.2, 0) is 0 Å². The van der Waals surface area contributed by atoms with Crippen LogP contribution in [0, 0.1) is 29.1 Å². The van der Waals surface area contributed by atoms with E-state index in [9.17, 15) is 22.0 Å². The zero-order valence-corrected chi connectivity index (χ0v) is 21.0. The van der Waals surface area contributed by atoms with E-state index in [1.165, 1.54) is 109 Å². The van der Waals surface area contributed by atoms with Gasteiger partial charge in [-0.2, -0.15) is 0 Å². The average Bonchev–Trinajstić information content (AvgIpc) is 2.80. The highest BCUT2D eigenvalue weighted by Gasteiger charge is 2.22. The standard InChI is InChI=1S/C20H43N.C6BF5/c1-4-5-6-7-8-9-10-11-12-13-14-15-16-17-18-19-20-21(2)3;7-1-2(8)4(10)6(12)5(11)3(1)9/h4-20H2,1-3H3;/p+1. The van der Waals surface area contributed by atoms with Crippen molar-refractivity contribution >= 4 is 13.3 Å². The minimum atomic E-state index is -2.21. The van der Waals surface area contributed by atoms with Crippen LogP contribution in [0.4, 0.5) is 22.0 Å². The van der Waals surface area contributed by atoms with Gasteiger partial charge in [0.05, 0.1) is 20.6 Å². The van der Waals surface area contributed by atoms with Gasteiger partial charge < -0.3 is 4.90 Å². The number of rotatable bonds is 17. The first kappa shape index (κ1) is 31.9. The van der Waals surface area contributed by atoms with E-state index in [1.54, 1.807) is 4.90 Å². The Morgan fingerprint density at radius 2 is 0.758 bits per heavy atom. The summed E-state index contributed by atoms with van der Waals surface area (Å²) in [6.07, 6.45) is 23.4. The molecule has 0 amide bonds. The van der Waals surface area contributed by atoms with E-state index in [0.717, 1.165) is 0 Å². The fourth-order valence-electron chi connectivity index (χ4n) is 3.65. The molecular formula is C26H44BF5N+. The maximum atomic E-state index is 12.3. The van der Waals surface area contributed by atoms with E-state index < -0.39 is 34.5 Å². The van der Waals surface area contributed by atoms with Crippen LogP contribution in [0.15, 0.2) is 0 Å². The lowest BCUT2D eigenvalue weighted by atomic mass is 9.94. The maximum absolute atomic E-state index is 12.3. The summed E-state index contributed by atoms with van der Waals surface area (Å²) >= 11 is 0. The summed E-state index contributed by atoms with van der Waals surface area (Å²) in [5, 5.41) is 0. The van der Waals surface area contributed by atoms with Crippen LogP contribution in [0.3, 0.4) is 0 Å². The van der Waals surface area contributed by atoms with Gasteiger partial charge in [0.15, 0.2) is 29.1 Å². The molecule has 0 heterocycles. The predicted octanol–water partition coefficient (Wildman–Crippen LogP) is 6.57. The van der Waals surface area contributed by atoms with Crippen molar-refractivity contribution < 1.29 is 26.9 Å². The molecule has 0 aliphatic rings. The van der Waals surface area contributed by atoms with E-state index in [-0.39, 0.29) is 0 Å². The third-order valence-corrected chi connectivity index (χ3v) is 5.77. The molecule has 0 fully saturated rings. The van der Waals surface area contributed by atoms with Gasteiger partial charge in [0.1, 0.15) is 7.85 Å². The zero-order valence-electron chi connectivity index (χ0n) is 21.0. The third-order valence-electron chi connectivity index (χ3n) is 5.77. The summed E-state index contributed by atoms with van der Waals surface area (Å²) in [6, 6.07) is 0. The molecule has 7 heteroatoms. The fourth-order valence-corrected chi connectivity index (χ4v) is 3.65. The molecule has 0 aliphatic carbocycles. The largest absolute Gasteiger partial charge is 0.340 e. The molecule has 0 saturated heterocycles. The molecule has 1 N–H and O–H groups in total. The SMILES string of the molecule is CCCCCCCCCCCCCCCCCC[NH+](C)C.[B]c1c(F)c(F)c(F)c(F)c1F. The first-order valence-corrected chi connectivity index (χ1v) is 12.8. The van der Waals surface area contributed by atoms with Gasteiger partial charge in [0, 0.05) is 0 Å². The Bertz CT molecular complexity index is 520. The van der Waals surface area contributed by atoms with Crippen molar-refractivity contribution in [2.45, 2.75) is 110 Å². The monoisotopic (exact) mass is 476 g/mol. The first-order chi connectivity index (χ1) is 15.7. The molecule has 190 valence electrons. The van der Waals surface area contributed by atoms with Gasteiger partial charge in [-0.05, 0) is 18.3 Å². The van der Waals surface area contributed by atoms with Crippen LogP contribution < -0.4 is 10.4 Å². The highest BCUT2D eigenvalue weighted by Crippen LogP contribution is 2.15. The van der Waals surface area contributed by atoms with Crippen LogP contribution in [0.25, 0.3) is 0 Å². The molecule has 0 unspecified atom stereocenters. The van der Waals surface area contributed by atoms with Crippen LogP contribution in [-0.4, -0.2) is 28.5 Å². The Kier molecular flexibility index (Phi) is 19.6. The van der Waals surface area contributed by atoms with Crippen molar-refractivity contribution in [3.05, 3.63) is 29.1 Å². The number of benzene rings is 1. The van der Waals surface area contributed by atoms with Crippen LogP contribution in [0.2, 0.25) is 0 Å². The number of quaternary nitrogens is 1. The van der Waals surface area contributed by atoms with E-state index >= 15 is 0 Å². The van der Waals surface area contributed by atoms with Gasteiger partial charge in [-0.3, -0.25) is 0 Å². The molecule has 0 aliphatic heterocycles. The minimum absolute atomic E-state index is 1.35. The van der Waals surface area contributed by atoms with Gasteiger partial charge in [-0.1, -0.05) is 96.8 Å². The van der Waals surface area contributed by atoms with Crippen LogP contribution in [0.5, 0.6) is 0 Å². The van der Waals surface area contributed by atoms with Crippen LogP contribution >= 0.6 is 0 Å². The van der Waals surface area contributed by atoms with E-state index in [0.29, 0.717) is 0 Å². The number of hydrogen-bond donors (Lipinski definition) is 1. The smallest absolute Gasteiger partial charge is 0.200 e. The summed E-state index contributed by atoms with van der Waals surface area (Å²) in [5.41, 5.74) is -1.37. The van der Waals surface area contributed by atoms with Crippen LogP contribution in [0.1, 0.15) is 110 Å². The topological polar surface area (TPSA) is 4.44 Å². The lowest BCUT2D eigenvalue weighted by Crippen LogP contribution is -3.05. The second-order valence-corrected chi connectivity index (χ2v) is 9.24. The number of nitrogens with one attached hydrogen (secondary N) is 1. The number of unbranched alkanes of at least 4 members (excludes halogenated alkanes) is 15. The van der Waals surface area contributed by atoms with Gasteiger partial charge in [0.2, 0.25) is 0 Å². The molecule has 0 saturated carbocycles. The van der Waals surface area contributed by atoms with Crippen molar-refractivity contribution in [2.24, 2.45) is 0 Å². The third kappa shape index (κ3) is 15.4. The van der Waals surface area contributed by atoms with E-state index in [4.69, 9.17) is 0 Å². The predicted molar refractivity (Wildman–Crippen MR) is 129 cm³/mol. The molecule has 2 radical (unpaired) electrons. The molecule has 1 aromatic rings. The molecule has 1 aromatic carbocycles. The number of halogens is 5. The highest BCUT2D eigenvalue weighted by molar-refractivity contribution is 6.32. The number of hydrogen-bond acceptors (Lipinski definition) is 0. The van der Waals surface area contributed by atoms with Gasteiger partial charge >= 0.3 is 0 Å². The molecule has 0 spiro atoms. The average molecular weight is 476 g/mol. The van der Waals surface area contributed by atoms with E-state index in [1.807, 2.05) is 0 Å². The molecule has 1 nitrogen and oxygen atoms in total. The minimum Gasteiger partial charge on any atom is -0.340 e. The Morgan fingerprint density at radius 1 is 0.485 bits per heavy atom. The normalized spacial score (nSPS) is 11.1. The van der Waals surface area contributed by atoms with Gasteiger partial charge in [-0.25, -0.2) is 22.0 Å². The second kappa shape index (κ2) is 20.3. The molecule has 33 heavy (non-hydrogen) atoms. The summed E-state index contributed by atoms with van der Waals surface area (Å²) in [7, 11) is 9.07. The van der Waals surface area contributed by atoms with Crippen molar-refractivity contribution in [3.8, 4) is 0 Å². The highest BCUT2D eigenvalue weighted by atomic mass is 19.2. The Labute approximate surface area is 199 Å². The van der Waals surface area contributed by atoms with Gasteiger partial charge in [0.25, 0.3) is 0 Å². The van der Waals surface area contributed by atoms with Crippen molar-refractivity contribution in [2.75, 3.05) is 20.6 Å². The van der Waals surface area contributed by atoms with Crippen molar-refractivity contribution in [1.29, 1.82) is 0 Å². The summed E-state index contributed by atoms with van der Waals surface area (Å²) in [4.78, 5) is 1.60. The Morgan fingerprint density at radius 3 is 1.06 bits per heavy atom. The molecule has 0 atom stereocenters. The lowest BCUT2D eigenvalue weighted by molar-refractivity contribution is -0.858. The Hall–Kier alpha value is -1.11. The van der Waals surface area contributed by atoms with E-state index in [2.05, 4.69) is 28.9 Å². The molecule has 1 rings (SSSR count). The maximum Gasteiger partial charge on any atom is 0.200 e. The van der Waals surface area contributed by atoms with Gasteiger partial charge in [-0.15, -0.1) is 0 Å². The summed E-state index contributed by atoms with van der Waals surface area (Å²) in [6.45, 7) is 3.64. The lowest BCUT2D eigenvalue weighted by Gasteiger charge is -2.06. The summed E-state index contributed by atoms with van der Waals surface area (Å²) in [5.74, 6) is -10.3. The second-order valence-electron chi connectivity index (χ2n) is 9.24. The van der Waals surface area contributed by atoms with Crippen molar-refractivity contribution in [3.63, 3.8) is 0 Å². The molecule has 0 aromatic heterocycles. The molecular weight excluding hydrogens is 432 g/mol. The quantitative estimate of drug-likeness (QED) is 0.0853. The summed E-state index contributed by atoms with van der Waals surface area (Å²) < 4.78 is 61.1. The molecule has 0 bridgehead atoms. The Balaban J connectivity index is 0.000000716. The fraction of sp³-hybridized carbons (Fsp3) is 0.769. The zero-order chi connectivity index (χ0) is 25.1. The van der Waals surface area contributed by atoms with Crippen molar-refractivity contribution in [1.82, 2.24) is 0 Å².